The molecule has 4 rings (SSSR count). The lowest BCUT2D eigenvalue weighted by Gasteiger charge is -2.23. The molecular formula is C24H20Cl2F3N3O3S. The van der Waals surface area contributed by atoms with Crippen LogP contribution in [-0.4, -0.2) is 31.2 Å². The number of hydrogen-bond donors (Lipinski definition) is 1. The van der Waals surface area contributed by atoms with Crippen LogP contribution in [0.15, 0.2) is 88.9 Å². The molecule has 12 heteroatoms. The summed E-state index contributed by atoms with van der Waals surface area (Å²) < 4.78 is 65.7. The molecule has 0 aromatic heterocycles. The second-order valence-electron chi connectivity index (χ2n) is 7.90. The topological polar surface area (TPSA) is 78.8 Å². The maximum atomic E-state index is 13.0. The lowest BCUT2D eigenvalue weighted by Crippen LogP contribution is -2.43. The molecule has 6 nitrogen and oxygen atoms in total. The summed E-state index contributed by atoms with van der Waals surface area (Å²) in [6.07, 6.45) is -4.62. The van der Waals surface area contributed by atoms with E-state index in [1.54, 1.807) is 31.2 Å². The highest BCUT2D eigenvalue weighted by Gasteiger charge is 2.40. The van der Waals surface area contributed by atoms with Crippen LogP contribution < -0.4 is 4.72 Å². The zero-order chi connectivity index (χ0) is 25.4. The summed E-state index contributed by atoms with van der Waals surface area (Å²) in [4.78, 5) is 12.5. The lowest BCUT2D eigenvalue weighted by atomic mass is 9.86. The van der Waals surface area contributed by atoms with Gasteiger partial charge in [-0.2, -0.15) is 18.3 Å². The van der Waals surface area contributed by atoms with E-state index in [0.29, 0.717) is 28.4 Å². The van der Waals surface area contributed by atoms with Gasteiger partial charge in [-0.3, -0.25) is 0 Å². The second-order valence-corrected chi connectivity index (χ2v) is 10.0. The Morgan fingerprint density at radius 2 is 1.56 bits per heavy atom. The van der Waals surface area contributed by atoms with Crippen LogP contribution in [0, 0.1) is 0 Å². The molecule has 1 heterocycles. The summed E-state index contributed by atoms with van der Waals surface area (Å²) in [5.74, 6) is -0.364. The van der Waals surface area contributed by atoms with E-state index in [0.717, 1.165) is 22.7 Å². The Morgan fingerprint density at radius 1 is 0.972 bits per heavy atom. The molecule has 0 bridgehead atoms. The van der Waals surface area contributed by atoms with Crippen LogP contribution in [-0.2, 0) is 16.2 Å². The number of hydrogen-bond acceptors (Lipinski definition) is 4. The van der Waals surface area contributed by atoms with E-state index in [-0.39, 0.29) is 18.3 Å². The SMILES string of the molecule is C[C@H]1[C@@H](c2ccccc2)C(c2ccc(Cl)cc2)=NN1C(=O)NS(=O)(=O)c1ccc(C(F)(F)F)cc1.Cl. The van der Waals surface area contributed by atoms with Crippen LogP contribution in [0.25, 0.3) is 0 Å². The number of carbonyl (C=O) groups excluding carboxylic acids is 1. The first-order valence-electron chi connectivity index (χ1n) is 10.4. The number of nitrogens with one attached hydrogen (secondary N) is 1. The molecule has 0 unspecified atom stereocenters. The van der Waals surface area contributed by atoms with E-state index in [1.165, 1.54) is 0 Å². The van der Waals surface area contributed by atoms with Gasteiger partial charge in [-0.15, -0.1) is 12.4 Å². The minimum atomic E-state index is -4.62. The van der Waals surface area contributed by atoms with Crippen LogP contribution in [0.2, 0.25) is 5.02 Å². The highest BCUT2D eigenvalue weighted by molar-refractivity contribution is 7.90. The summed E-state index contributed by atoms with van der Waals surface area (Å²) in [7, 11) is -4.45. The average Bonchev–Trinajstić information content (AvgIpc) is 3.16. The summed E-state index contributed by atoms with van der Waals surface area (Å²) in [6.45, 7) is 1.73. The molecule has 1 aliphatic heterocycles. The van der Waals surface area contributed by atoms with Crippen LogP contribution >= 0.6 is 24.0 Å². The quantitative estimate of drug-likeness (QED) is 0.422. The van der Waals surface area contributed by atoms with Crippen molar-refractivity contribution in [1.29, 1.82) is 0 Å². The van der Waals surface area contributed by atoms with Gasteiger partial charge in [-0.25, -0.2) is 22.9 Å². The predicted molar refractivity (Wildman–Crippen MR) is 133 cm³/mol. The molecule has 0 spiro atoms. The van der Waals surface area contributed by atoms with Crippen LogP contribution in [0.3, 0.4) is 0 Å². The van der Waals surface area contributed by atoms with Gasteiger partial charge in [0, 0.05) is 5.02 Å². The van der Waals surface area contributed by atoms with Crippen LogP contribution in [0.1, 0.15) is 29.5 Å². The third-order valence-electron chi connectivity index (χ3n) is 5.60. The van der Waals surface area contributed by atoms with Crippen molar-refractivity contribution in [3.63, 3.8) is 0 Å². The number of rotatable bonds is 4. The molecule has 0 aliphatic carbocycles. The first-order chi connectivity index (χ1) is 16.5. The number of amides is 2. The van der Waals surface area contributed by atoms with Crippen molar-refractivity contribution in [2.24, 2.45) is 5.10 Å². The van der Waals surface area contributed by atoms with Gasteiger partial charge in [0.2, 0.25) is 0 Å². The Morgan fingerprint density at radius 3 is 2.11 bits per heavy atom. The number of sulfonamides is 1. The van der Waals surface area contributed by atoms with Gasteiger partial charge < -0.3 is 0 Å². The van der Waals surface area contributed by atoms with Crippen molar-refractivity contribution in [3.05, 3.63) is 101 Å². The molecule has 2 amide bonds. The minimum absolute atomic E-state index is 0. The Bertz CT molecular complexity index is 1370. The van der Waals surface area contributed by atoms with Crippen molar-refractivity contribution in [2.75, 3.05) is 0 Å². The molecule has 3 aromatic rings. The molecular weight excluding hydrogens is 538 g/mol. The number of halogens is 5. The molecule has 190 valence electrons. The fourth-order valence-corrected chi connectivity index (χ4v) is 4.93. The molecule has 0 saturated carbocycles. The van der Waals surface area contributed by atoms with Crippen molar-refractivity contribution in [3.8, 4) is 0 Å². The van der Waals surface area contributed by atoms with E-state index in [9.17, 15) is 26.4 Å². The van der Waals surface area contributed by atoms with E-state index in [4.69, 9.17) is 11.6 Å². The number of alkyl halides is 3. The van der Waals surface area contributed by atoms with Crippen molar-refractivity contribution in [2.45, 2.75) is 30.0 Å². The highest BCUT2D eigenvalue weighted by Crippen LogP contribution is 2.35. The first kappa shape index (κ1) is 27.5. The molecule has 0 saturated heterocycles. The third kappa shape index (κ3) is 5.66. The zero-order valence-electron chi connectivity index (χ0n) is 18.6. The lowest BCUT2D eigenvalue weighted by molar-refractivity contribution is -0.137. The fourth-order valence-electron chi connectivity index (χ4n) is 3.87. The van der Waals surface area contributed by atoms with Gasteiger partial charge in [0.05, 0.1) is 28.1 Å². The number of nitrogens with zero attached hydrogens (tertiary/aromatic N) is 2. The number of hydrazone groups is 1. The van der Waals surface area contributed by atoms with Crippen molar-refractivity contribution in [1.82, 2.24) is 9.73 Å². The Kier molecular flexibility index (Phi) is 8.02. The van der Waals surface area contributed by atoms with Gasteiger partial charge in [0.25, 0.3) is 10.0 Å². The van der Waals surface area contributed by atoms with Gasteiger partial charge in [0.1, 0.15) is 0 Å². The standard InChI is InChI=1S/C24H19ClF3N3O3S.ClH/c1-15-21(16-5-3-2-4-6-16)22(17-7-11-19(25)12-8-17)29-31(15)23(32)30-35(33,34)20-13-9-18(10-14-20)24(26,27)28;/h2-15,21H,1H3,(H,30,32);1H/t15-,21-;/m0./s1. The zero-order valence-corrected chi connectivity index (χ0v) is 21.0. The van der Waals surface area contributed by atoms with Crippen LogP contribution in [0.4, 0.5) is 18.0 Å². The monoisotopic (exact) mass is 557 g/mol. The van der Waals surface area contributed by atoms with E-state index >= 15 is 0 Å². The third-order valence-corrected chi connectivity index (χ3v) is 7.19. The van der Waals surface area contributed by atoms with Crippen molar-refractivity contribution < 1.29 is 26.4 Å². The fraction of sp³-hybridized carbons (Fsp3) is 0.167. The summed E-state index contributed by atoms with van der Waals surface area (Å²) in [5, 5.41) is 5.99. The maximum Gasteiger partial charge on any atom is 0.416 e. The predicted octanol–water partition coefficient (Wildman–Crippen LogP) is 6.07. The number of carbonyl (C=O) groups is 1. The van der Waals surface area contributed by atoms with E-state index in [1.807, 2.05) is 35.1 Å². The Hall–Kier alpha value is -3.08. The Labute approximate surface area is 217 Å². The minimum Gasteiger partial charge on any atom is -0.246 e. The second kappa shape index (κ2) is 10.5. The molecule has 1 N–H and O–H groups in total. The molecule has 2 atom stereocenters. The van der Waals surface area contributed by atoms with E-state index in [2.05, 4.69) is 5.10 Å². The normalized spacial score (nSPS) is 17.8. The molecule has 1 aliphatic rings. The van der Waals surface area contributed by atoms with Gasteiger partial charge >= 0.3 is 12.2 Å². The van der Waals surface area contributed by atoms with Gasteiger partial charge in [-0.1, -0.05) is 54.1 Å². The summed E-state index contributed by atoms with van der Waals surface area (Å²) >= 11 is 6.00. The smallest absolute Gasteiger partial charge is 0.246 e. The maximum absolute atomic E-state index is 13.0. The number of benzene rings is 3. The largest absolute Gasteiger partial charge is 0.416 e. The van der Waals surface area contributed by atoms with Crippen LogP contribution in [0.5, 0.6) is 0 Å². The van der Waals surface area contributed by atoms with Gasteiger partial charge in [-0.05, 0) is 54.4 Å². The molecule has 0 fully saturated rings. The highest BCUT2D eigenvalue weighted by atomic mass is 35.5. The molecule has 36 heavy (non-hydrogen) atoms. The summed E-state index contributed by atoms with van der Waals surface area (Å²) in [6, 6.07) is 17.5. The van der Waals surface area contributed by atoms with E-state index < -0.39 is 38.7 Å². The van der Waals surface area contributed by atoms with Gasteiger partial charge in [0.15, 0.2) is 0 Å². The number of urea groups is 1. The first-order valence-corrected chi connectivity index (χ1v) is 12.3. The molecule has 0 radical (unpaired) electrons. The average molecular weight is 558 g/mol. The Balaban J connectivity index is 0.00000361. The van der Waals surface area contributed by atoms with Crippen molar-refractivity contribution >= 4 is 45.8 Å². The molecule has 3 aromatic carbocycles. The summed E-state index contributed by atoms with van der Waals surface area (Å²) in [5.41, 5.74) is 1.12.